The summed E-state index contributed by atoms with van der Waals surface area (Å²) in [6, 6.07) is 37.4. The van der Waals surface area contributed by atoms with Crippen molar-refractivity contribution in [2.75, 3.05) is 14.2 Å². The van der Waals surface area contributed by atoms with Gasteiger partial charge in [0.25, 0.3) is 0 Å². The van der Waals surface area contributed by atoms with Crippen molar-refractivity contribution in [3.05, 3.63) is 120 Å². The minimum absolute atomic E-state index is 0.815. The molecule has 0 amide bonds. The van der Waals surface area contributed by atoms with E-state index < -0.39 is 11.0 Å². The van der Waals surface area contributed by atoms with E-state index in [1.807, 2.05) is 68.7 Å². The second-order valence-corrected chi connectivity index (χ2v) is 25.4. The Morgan fingerprint density at radius 2 is 0.886 bits per heavy atom. The summed E-state index contributed by atoms with van der Waals surface area (Å²) in [7, 11) is 3.69. The molecule has 0 atom stereocenters. The standard InChI is InChI=1S/C28H24GeO2S4/c1-30-25-17-13-21(14-18-25)27(32)34-29(23-9-5-3-6-10-23,24-11-7-4-8-12-24)35-28(33)22-15-19-26(31-2)20-16-22/h3-20H,1-2H3. The summed E-state index contributed by atoms with van der Waals surface area (Å²) in [4.78, 5) is 0. The quantitative estimate of drug-likeness (QED) is 0.171. The Labute approximate surface area is 226 Å². The van der Waals surface area contributed by atoms with Crippen LogP contribution in [0.3, 0.4) is 0 Å². The summed E-state index contributed by atoms with van der Waals surface area (Å²) < 4.78 is 15.0. The molecule has 0 saturated heterocycles. The number of hydrogen-bond donors (Lipinski definition) is 0. The molecule has 35 heavy (non-hydrogen) atoms. The first-order chi connectivity index (χ1) is 17.1. The number of benzene rings is 4. The second-order valence-electron chi connectivity index (χ2n) is 7.58. The predicted molar refractivity (Wildman–Crippen MR) is 162 cm³/mol. The SMILES string of the molecule is COc1ccc(C(=S)[S][Ge]([S]C(=S)c2ccc(OC)cc2)([c]2ccccc2)[c]2ccccc2)cc1. The normalized spacial score (nSPS) is 11.0. The van der Waals surface area contributed by atoms with Gasteiger partial charge in [0.2, 0.25) is 0 Å². The van der Waals surface area contributed by atoms with Crippen molar-refractivity contribution in [2.45, 2.75) is 0 Å². The van der Waals surface area contributed by atoms with Crippen molar-refractivity contribution in [1.29, 1.82) is 0 Å². The first-order valence-corrected chi connectivity index (χ1v) is 20.6. The average molecular weight is 593 g/mol. The van der Waals surface area contributed by atoms with Crippen LogP contribution in [0.4, 0.5) is 0 Å². The molecule has 0 bridgehead atoms. The number of ether oxygens (including phenoxy) is 2. The van der Waals surface area contributed by atoms with E-state index in [1.54, 1.807) is 14.2 Å². The maximum absolute atomic E-state index is 6.05. The van der Waals surface area contributed by atoms with Crippen LogP contribution < -0.4 is 18.3 Å². The van der Waals surface area contributed by atoms with Gasteiger partial charge in [0, 0.05) is 0 Å². The van der Waals surface area contributed by atoms with Crippen molar-refractivity contribution in [3.8, 4) is 11.5 Å². The van der Waals surface area contributed by atoms with Gasteiger partial charge in [-0.05, 0) is 0 Å². The van der Waals surface area contributed by atoms with E-state index in [1.165, 1.54) is 8.79 Å². The molecule has 7 heteroatoms. The third-order valence-corrected chi connectivity index (χ3v) is 28.0. The number of rotatable bonds is 8. The maximum atomic E-state index is 6.05. The van der Waals surface area contributed by atoms with E-state index in [0.29, 0.717) is 0 Å². The van der Waals surface area contributed by atoms with Crippen molar-refractivity contribution in [3.63, 3.8) is 0 Å². The zero-order valence-electron chi connectivity index (χ0n) is 19.3. The van der Waals surface area contributed by atoms with Gasteiger partial charge in [-0.1, -0.05) is 0 Å². The van der Waals surface area contributed by atoms with E-state index in [2.05, 4.69) is 60.7 Å². The van der Waals surface area contributed by atoms with Crippen LogP contribution >= 0.6 is 44.6 Å². The fourth-order valence-electron chi connectivity index (χ4n) is 3.57. The second kappa shape index (κ2) is 12.2. The summed E-state index contributed by atoms with van der Waals surface area (Å²) in [5, 5.41) is 0. The van der Waals surface area contributed by atoms with Gasteiger partial charge in [-0.3, -0.25) is 0 Å². The number of methoxy groups -OCH3 is 2. The zero-order valence-corrected chi connectivity index (χ0v) is 24.7. The van der Waals surface area contributed by atoms with Crippen molar-refractivity contribution >= 4 is 72.8 Å². The van der Waals surface area contributed by atoms with Crippen LogP contribution in [0.2, 0.25) is 0 Å². The molecule has 0 fully saturated rings. The summed E-state index contributed by atoms with van der Waals surface area (Å²) in [5.74, 6) is 1.63. The van der Waals surface area contributed by atoms with Crippen LogP contribution in [0.15, 0.2) is 109 Å². The topological polar surface area (TPSA) is 18.5 Å². The Hall–Kier alpha value is -2.10. The fourth-order valence-corrected chi connectivity index (χ4v) is 28.4. The van der Waals surface area contributed by atoms with Gasteiger partial charge in [0.1, 0.15) is 0 Å². The van der Waals surface area contributed by atoms with Crippen LogP contribution in [0.25, 0.3) is 0 Å². The molecule has 0 aromatic heterocycles. The van der Waals surface area contributed by atoms with Gasteiger partial charge in [-0.15, -0.1) is 0 Å². The molecular formula is C28H24GeO2S4. The molecule has 0 aliphatic heterocycles. The summed E-state index contributed by atoms with van der Waals surface area (Å²) >= 11 is 12.1. The van der Waals surface area contributed by atoms with E-state index >= 15 is 0 Å². The average Bonchev–Trinajstić information content (AvgIpc) is 2.93. The predicted octanol–water partition coefficient (Wildman–Crippen LogP) is 6.48. The summed E-state index contributed by atoms with van der Waals surface area (Å²) in [5.41, 5.74) is 2.03. The Balaban J connectivity index is 1.79. The third kappa shape index (κ3) is 6.19. The van der Waals surface area contributed by atoms with Gasteiger partial charge in [-0.2, -0.15) is 0 Å². The van der Waals surface area contributed by atoms with Crippen LogP contribution in [-0.2, 0) is 0 Å². The van der Waals surface area contributed by atoms with Crippen molar-refractivity contribution < 1.29 is 9.47 Å². The molecule has 0 aliphatic carbocycles. The Morgan fingerprint density at radius 3 is 1.20 bits per heavy atom. The molecule has 0 aliphatic rings. The Kier molecular flexibility index (Phi) is 9.08. The minimum atomic E-state index is -3.30. The molecule has 0 N–H and O–H groups in total. The molecule has 2 nitrogen and oxygen atoms in total. The van der Waals surface area contributed by atoms with Crippen LogP contribution in [0, 0.1) is 0 Å². The Morgan fingerprint density at radius 1 is 0.543 bits per heavy atom. The van der Waals surface area contributed by atoms with Crippen LogP contribution in [0.5, 0.6) is 11.5 Å². The monoisotopic (exact) mass is 594 g/mol. The molecule has 4 aromatic rings. The van der Waals surface area contributed by atoms with Crippen molar-refractivity contribution in [2.24, 2.45) is 0 Å². The van der Waals surface area contributed by atoms with Gasteiger partial charge >= 0.3 is 228 Å². The molecule has 0 saturated carbocycles. The van der Waals surface area contributed by atoms with Gasteiger partial charge < -0.3 is 0 Å². The number of thiocarbonyl (C=S) groups is 2. The third-order valence-electron chi connectivity index (χ3n) is 5.43. The van der Waals surface area contributed by atoms with Crippen LogP contribution in [0.1, 0.15) is 11.1 Å². The van der Waals surface area contributed by atoms with Crippen LogP contribution in [-0.4, -0.2) is 33.6 Å². The molecule has 4 aromatic carbocycles. The van der Waals surface area contributed by atoms with E-state index in [0.717, 1.165) is 31.0 Å². The fraction of sp³-hybridized carbons (Fsp3) is 0.0714. The summed E-state index contributed by atoms with van der Waals surface area (Å²) in [6.07, 6.45) is 0. The molecule has 0 unspecified atom stereocenters. The van der Waals surface area contributed by atoms with Gasteiger partial charge in [-0.25, -0.2) is 0 Å². The van der Waals surface area contributed by atoms with Gasteiger partial charge in [0.15, 0.2) is 0 Å². The zero-order chi connectivity index (χ0) is 24.7. The number of hydrogen-bond acceptors (Lipinski definition) is 6. The van der Waals surface area contributed by atoms with E-state index in [-0.39, 0.29) is 0 Å². The molecule has 4 rings (SSSR count). The summed E-state index contributed by atoms with van der Waals surface area (Å²) in [6.45, 7) is 0. The first kappa shape index (κ1) is 26.0. The molecular weight excluding hydrogens is 569 g/mol. The van der Waals surface area contributed by atoms with Crippen molar-refractivity contribution in [1.82, 2.24) is 0 Å². The first-order valence-electron chi connectivity index (χ1n) is 10.9. The Bertz CT molecular complexity index is 1180. The van der Waals surface area contributed by atoms with Gasteiger partial charge in [0.05, 0.1) is 0 Å². The molecule has 0 radical (unpaired) electrons. The molecule has 0 spiro atoms. The van der Waals surface area contributed by atoms with E-state index in [9.17, 15) is 0 Å². The molecule has 176 valence electrons. The van der Waals surface area contributed by atoms with E-state index in [4.69, 9.17) is 33.9 Å². The molecule has 0 heterocycles.